The molecule has 1 aromatic heterocycles. The van der Waals surface area contributed by atoms with E-state index in [0.717, 1.165) is 5.82 Å². The van der Waals surface area contributed by atoms with Crippen molar-refractivity contribution in [2.45, 2.75) is 38.3 Å². The van der Waals surface area contributed by atoms with E-state index in [-0.39, 0.29) is 6.04 Å². The molecule has 5 heteroatoms. The summed E-state index contributed by atoms with van der Waals surface area (Å²) in [6.45, 7) is 2.07. The maximum absolute atomic E-state index is 4.03. The molecule has 0 saturated heterocycles. The molecule has 2 rings (SSSR count). The molecule has 72 valence electrons. The van der Waals surface area contributed by atoms with Crippen molar-refractivity contribution in [1.82, 2.24) is 25.5 Å². The first-order valence-corrected chi connectivity index (χ1v) is 4.78. The minimum atomic E-state index is 0.232. The third kappa shape index (κ3) is 1.44. The van der Waals surface area contributed by atoms with E-state index in [4.69, 9.17) is 0 Å². The highest BCUT2D eigenvalue weighted by molar-refractivity contribution is 4.93. The van der Waals surface area contributed by atoms with E-state index in [1.54, 1.807) is 0 Å². The molecule has 1 aliphatic rings. The summed E-state index contributed by atoms with van der Waals surface area (Å²) in [7, 11) is 1.92. The fourth-order valence-electron chi connectivity index (χ4n) is 1.51. The van der Waals surface area contributed by atoms with E-state index in [1.165, 1.54) is 19.3 Å². The highest BCUT2D eigenvalue weighted by Gasteiger charge is 2.25. The smallest absolute Gasteiger partial charge is 0.168 e. The zero-order valence-electron chi connectivity index (χ0n) is 8.06. The zero-order chi connectivity index (χ0) is 9.26. The van der Waals surface area contributed by atoms with Crippen molar-refractivity contribution in [2.24, 2.45) is 0 Å². The Kier molecular flexibility index (Phi) is 2.26. The number of hydrogen-bond donors (Lipinski definition) is 1. The monoisotopic (exact) mass is 181 g/mol. The average molecular weight is 181 g/mol. The minimum absolute atomic E-state index is 0.232. The quantitative estimate of drug-likeness (QED) is 0.745. The Morgan fingerprint density at radius 3 is 2.85 bits per heavy atom. The minimum Gasteiger partial charge on any atom is -0.311 e. The Labute approximate surface area is 77.5 Å². The molecule has 0 amide bonds. The lowest BCUT2D eigenvalue weighted by Gasteiger charge is -2.26. The van der Waals surface area contributed by atoms with Gasteiger partial charge in [0.25, 0.3) is 0 Å². The average Bonchev–Trinajstić information content (AvgIpc) is 2.49. The zero-order valence-corrected chi connectivity index (χ0v) is 8.06. The van der Waals surface area contributed by atoms with Crippen LogP contribution in [-0.2, 0) is 0 Å². The first-order chi connectivity index (χ1) is 6.33. The van der Waals surface area contributed by atoms with Gasteiger partial charge in [0.1, 0.15) is 0 Å². The molecule has 0 bridgehead atoms. The predicted octanol–water partition coefficient (Wildman–Crippen LogP) is 0.678. The fourth-order valence-corrected chi connectivity index (χ4v) is 1.51. The van der Waals surface area contributed by atoms with E-state index in [9.17, 15) is 0 Å². The molecule has 1 fully saturated rings. The number of aromatic nitrogens is 4. The van der Waals surface area contributed by atoms with Gasteiger partial charge in [-0.05, 0) is 43.7 Å². The van der Waals surface area contributed by atoms with Gasteiger partial charge in [0.15, 0.2) is 5.82 Å². The molecule has 1 heterocycles. The van der Waals surface area contributed by atoms with Crippen LogP contribution in [0.4, 0.5) is 0 Å². The number of rotatable bonds is 3. The second-order valence-corrected chi connectivity index (χ2v) is 3.58. The lowest BCUT2D eigenvalue weighted by Crippen LogP contribution is -2.25. The second-order valence-electron chi connectivity index (χ2n) is 3.58. The van der Waals surface area contributed by atoms with Gasteiger partial charge in [0, 0.05) is 0 Å². The number of nitrogens with one attached hydrogen (secondary N) is 1. The summed E-state index contributed by atoms with van der Waals surface area (Å²) in [4.78, 5) is 0. The van der Waals surface area contributed by atoms with Gasteiger partial charge in [-0.3, -0.25) is 0 Å². The van der Waals surface area contributed by atoms with Crippen LogP contribution in [0.3, 0.4) is 0 Å². The molecule has 1 aromatic rings. The van der Waals surface area contributed by atoms with Crippen molar-refractivity contribution < 1.29 is 0 Å². The van der Waals surface area contributed by atoms with Gasteiger partial charge in [-0.25, -0.2) is 4.68 Å². The molecule has 0 spiro atoms. The summed E-state index contributed by atoms with van der Waals surface area (Å²) in [5.74, 6) is 0.951. The van der Waals surface area contributed by atoms with Gasteiger partial charge < -0.3 is 5.32 Å². The van der Waals surface area contributed by atoms with Crippen LogP contribution in [-0.4, -0.2) is 27.3 Å². The molecule has 1 aliphatic carbocycles. The maximum atomic E-state index is 4.03. The summed E-state index contributed by atoms with van der Waals surface area (Å²) in [5.41, 5.74) is 0. The normalized spacial score (nSPS) is 19.8. The van der Waals surface area contributed by atoms with E-state index in [2.05, 4.69) is 27.8 Å². The third-order valence-corrected chi connectivity index (χ3v) is 2.76. The van der Waals surface area contributed by atoms with Crippen molar-refractivity contribution in [1.29, 1.82) is 0 Å². The Hall–Kier alpha value is -0.970. The van der Waals surface area contributed by atoms with Crippen LogP contribution in [0.5, 0.6) is 0 Å². The van der Waals surface area contributed by atoms with Gasteiger partial charge in [-0.2, -0.15) is 0 Å². The molecule has 0 aliphatic heterocycles. The van der Waals surface area contributed by atoms with Crippen molar-refractivity contribution in [3.63, 3.8) is 0 Å². The largest absolute Gasteiger partial charge is 0.311 e. The molecular weight excluding hydrogens is 166 g/mol. The molecule has 1 unspecified atom stereocenters. The molecule has 13 heavy (non-hydrogen) atoms. The molecule has 5 nitrogen and oxygen atoms in total. The summed E-state index contributed by atoms with van der Waals surface area (Å²) in [6, 6.07) is 0.774. The molecular formula is C8H15N5. The topological polar surface area (TPSA) is 55.6 Å². The predicted molar refractivity (Wildman–Crippen MR) is 48.2 cm³/mol. The van der Waals surface area contributed by atoms with Crippen LogP contribution < -0.4 is 5.32 Å². The van der Waals surface area contributed by atoms with E-state index in [1.807, 2.05) is 11.7 Å². The summed E-state index contributed by atoms with van der Waals surface area (Å²) in [6.07, 6.45) is 3.74. The Morgan fingerprint density at radius 1 is 1.54 bits per heavy atom. The first kappa shape index (κ1) is 8.62. The third-order valence-electron chi connectivity index (χ3n) is 2.76. The number of tetrazole rings is 1. The van der Waals surface area contributed by atoms with E-state index in [0.29, 0.717) is 6.04 Å². The van der Waals surface area contributed by atoms with Crippen molar-refractivity contribution in [3.05, 3.63) is 5.82 Å². The van der Waals surface area contributed by atoms with Gasteiger partial charge in [-0.1, -0.05) is 0 Å². The van der Waals surface area contributed by atoms with Crippen molar-refractivity contribution >= 4 is 0 Å². The lowest BCUT2D eigenvalue weighted by atomic mass is 9.93. The molecule has 1 N–H and O–H groups in total. The first-order valence-electron chi connectivity index (χ1n) is 4.78. The lowest BCUT2D eigenvalue weighted by molar-refractivity contribution is 0.272. The van der Waals surface area contributed by atoms with E-state index >= 15 is 0 Å². The second kappa shape index (κ2) is 3.41. The Balaban J connectivity index is 2.19. The van der Waals surface area contributed by atoms with Gasteiger partial charge in [0.05, 0.1) is 12.1 Å². The summed E-state index contributed by atoms with van der Waals surface area (Å²) < 4.78 is 1.96. The molecule has 1 atom stereocenters. The Morgan fingerprint density at radius 2 is 2.31 bits per heavy atom. The highest BCUT2D eigenvalue weighted by Crippen LogP contribution is 2.31. The SMILES string of the molecule is CNC(C)c1nnnn1C1CCC1. The fraction of sp³-hybridized carbons (Fsp3) is 0.875. The highest BCUT2D eigenvalue weighted by atomic mass is 15.6. The summed E-state index contributed by atoms with van der Waals surface area (Å²) >= 11 is 0. The Bertz CT molecular complexity index is 259. The maximum Gasteiger partial charge on any atom is 0.168 e. The standard InChI is InChI=1S/C8H15N5/c1-6(9-2)8-10-11-12-13(8)7-4-3-5-7/h6-7,9H,3-5H2,1-2H3. The van der Waals surface area contributed by atoms with Crippen LogP contribution in [0.2, 0.25) is 0 Å². The van der Waals surface area contributed by atoms with Gasteiger partial charge >= 0.3 is 0 Å². The van der Waals surface area contributed by atoms with Crippen molar-refractivity contribution in [3.8, 4) is 0 Å². The molecule has 0 aromatic carbocycles. The van der Waals surface area contributed by atoms with Gasteiger partial charge in [0.2, 0.25) is 0 Å². The summed E-state index contributed by atoms with van der Waals surface area (Å²) in [5, 5.41) is 14.9. The number of hydrogen-bond acceptors (Lipinski definition) is 4. The molecule has 0 radical (unpaired) electrons. The van der Waals surface area contributed by atoms with Crippen LogP contribution in [0.25, 0.3) is 0 Å². The molecule has 1 saturated carbocycles. The van der Waals surface area contributed by atoms with Crippen LogP contribution in [0, 0.1) is 0 Å². The van der Waals surface area contributed by atoms with Crippen LogP contribution in [0.15, 0.2) is 0 Å². The van der Waals surface area contributed by atoms with Gasteiger partial charge in [-0.15, -0.1) is 5.10 Å². The van der Waals surface area contributed by atoms with Crippen molar-refractivity contribution in [2.75, 3.05) is 7.05 Å². The van der Waals surface area contributed by atoms with E-state index < -0.39 is 0 Å². The van der Waals surface area contributed by atoms with Crippen LogP contribution in [0.1, 0.15) is 44.1 Å². The number of nitrogens with zero attached hydrogens (tertiary/aromatic N) is 4. The van der Waals surface area contributed by atoms with Crippen LogP contribution >= 0.6 is 0 Å².